The largest absolute Gasteiger partial charge is 0.377 e. The van der Waals surface area contributed by atoms with Gasteiger partial charge in [-0.15, -0.1) is 0 Å². The monoisotopic (exact) mass is 611 g/mol. The average molecular weight is 612 g/mol. The van der Waals surface area contributed by atoms with Gasteiger partial charge in [0.05, 0.1) is 40.8 Å². The van der Waals surface area contributed by atoms with Gasteiger partial charge in [-0.25, -0.2) is 23.1 Å². The minimum atomic E-state index is -3.83. The molecule has 4 heterocycles. The molecule has 1 aromatic carbocycles. The van der Waals surface area contributed by atoms with Gasteiger partial charge in [0.15, 0.2) is 5.69 Å². The number of fused-ring (bicyclic) bond motifs is 2. The van der Waals surface area contributed by atoms with Crippen LogP contribution in [0.15, 0.2) is 35.3 Å². The number of sulfonamides is 1. The number of amides is 1. The van der Waals surface area contributed by atoms with Crippen LogP contribution in [0.2, 0.25) is 5.15 Å². The van der Waals surface area contributed by atoms with Crippen molar-refractivity contribution >= 4 is 50.1 Å². The number of anilines is 2. The molecule has 1 aliphatic carbocycles. The van der Waals surface area contributed by atoms with Crippen LogP contribution in [0, 0.1) is 18.8 Å². The van der Waals surface area contributed by atoms with E-state index in [2.05, 4.69) is 25.4 Å². The first kappa shape index (κ1) is 28.1. The highest BCUT2D eigenvalue weighted by molar-refractivity contribution is 7.89. The van der Waals surface area contributed by atoms with Crippen molar-refractivity contribution in [1.29, 1.82) is 0 Å². The summed E-state index contributed by atoms with van der Waals surface area (Å²) in [6.45, 7) is 5.30. The number of hydrogen-bond acceptors (Lipinski definition) is 10. The maximum absolute atomic E-state index is 13.6. The molecule has 4 atom stereocenters. The van der Waals surface area contributed by atoms with Gasteiger partial charge in [-0.3, -0.25) is 14.2 Å². The van der Waals surface area contributed by atoms with Crippen LogP contribution < -0.4 is 20.5 Å². The molecule has 0 spiro atoms. The Morgan fingerprint density at radius 3 is 2.50 bits per heavy atom. The molecule has 6 rings (SSSR count). The van der Waals surface area contributed by atoms with Crippen LogP contribution >= 0.6 is 11.6 Å². The van der Waals surface area contributed by atoms with Crippen molar-refractivity contribution in [1.82, 2.24) is 34.3 Å². The second-order valence-corrected chi connectivity index (χ2v) is 13.3. The standard InChI is InChI=1S/C27H30ClN9O4S/c1-13-8-15(14(2)30-19-6-7-21(28)31-24(19)25(38)34-42(5,40)41)23-16(9-13)26(39)35(3)27(32-23)37-11-17-18(12-37)22(17)20-10-29-36(4)33-20/h6-10,14,17-18,22,30H,11-12H2,1-5H3,(H,34,38)/t14-,17-,18+,22?/m1/s1. The predicted octanol–water partition coefficient (Wildman–Crippen LogP) is 2.13. The third kappa shape index (κ3) is 5.09. The number of benzene rings is 1. The molecule has 1 unspecified atom stereocenters. The molecule has 220 valence electrons. The molecule has 0 radical (unpaired) electrons. The Hall–Kier alpha value is -4.04. The Balaban J connectivity index is 1.33. The molecule has 2 fully saturated rings. The van der Waals surface area contributed by atoms with E-state index in [0.29, 0.717) is 34.6 Å². The van der Waals surface area contributed by atoms with Gasteiger partial charge in [0, 0.05) is 38.7 Å². The van der Waals surface area contributed by atoms with Crippen LogP contribution in [0.1, 0.15) is 46.2 Å². The van der Waals surface area contributed by atoms with E-state index in [0.717, 1.165) is 36.2 Å². The molecule has 15 heteroatoms. The Morgan fingerprint density at radius 2 is 1.86 bits per heavy atom. The number of carbonyl (C=O) groups excluding carboxylic acids is 1. The molecule has 4 aromatic rings. The van der Waals surface area contributed by atoms with Gasteiger partial charge in [-0.2, -0.15) is 15.0 Å². The van der Waals surface area contributed by atoms with Crippen molar-refractivity contribution in [2.75, 3.05) is 29.6 Å². The molecular formula is C27H30ClN9O4S. The zero-order valence-electron chi connectivity index (χ0n) is 23.7. The van der Waals surface area contributed by atoms with E-state index >= 15 is 0 Å². The number of aryl methyl sites for hydroxylation is 2. The first-order valence-electron chi connectivity index (χ1n) is 13.4. The minimum Gasteiger partial charge on any atom is -0.377 e. The van der Waals surface area contributed by atoms with Gasteiger partial charge in [-0.05, 0) is 49.4 Å². The average Bonchev–Trinajstić information content (AvgIpc) is 3.20. The van der Waals surface area contributed by atoms with Crippen molar-refractivity contribution in [3.8, 4) is 0 Å². The lowest BCUT2D eigenvalue weighted by Gasteiger charge is -2.25. The van der Waals surface area contributed by atoms with E-state index in [1.54, 1.807) is 22.5 Å². The summed E-state index contributed by atoms with van der Waals surface area (Å²) in [7, 11) is -0.275. The van der Waals surface area contributed by atoms with E-state index < -0.39 is 22.0 Å². The van der Waals surface area contributed by atoms with E-state index in [1.165, 1.54) is 6.07 Å². The van der Waals surface area contributed by atoms with E-state index in [9.17, 15) is 18.0 Å². The third-order valence-electron chi connectivity index (χ3n) is 7.96. The Morgan fingerprint density at radius 1 is 1.14 bits per heavy atom. The number of piperidine rings is 1. The van der Waals surface area contributed by atoms with Crippen molar-refractivity contribution in [2.24, 2.45) is 25.9 Å². The van der Waals surface area contributed by atoms with Crippen LogP contribution in [-0.2, 0) is 24.1 Å². The SMILES string of the molecule is Cc1cc([C@@H](C)Nc2ccc(Cl)nc2C(=O)NS(C)(=O)=O)c2nc(N3C[C@@H]4C(c5cnn(C)n5)[C@@H]4C3)n(C)c(=O)c2c1. The summed E-state index contributed by atoms with van der Waals surface area (Å²) in [4.78, 5) is 39.1. The minimum absolute atomic E-state index is 0.0351. The number of hydrogen-bond donors (Lipinski definition) is 2. The number of rotatable bonds is 7. The summed E-state index contributed by atoms with van der Waals surface area (Å²) in [5, 5.41) is 12.5. The zero-order chi connectivity index (χ0) is 30.1. The summed E-state index contributed by atoms with van der Waals surface area (Å²) in [5.74, 6) is 0.918. The summed E-state index contributed by atoms with van der Waals surface area (Å²) >= 11 is 6.03. The Bertz CT molecular complexity index is 1910. The van der Waals surface area contributed by atoms with Gasteiger partial charge in [0.2, 0.25) is 16.0 Å². The predicted molar refractivity (Wildman–Crippen MR) is 158 cm³/mol. The van der Waals surface area contributed by atoms with Gasteiger partial charge in [0.1, 0.15) is 5.15 Å². The lowest BCUT2D eigenvalue weighted by atomic mass is 10.0. The van der Waals surface area contributed by atoms with Crippen LogP contribution in [0.4, 0.5) is 11.6 Å². The van der Waals surface area contributed by atoms with Gasteiger partial charge in [0.25, 0.3) is 11.5 Å². The molecule has 0 bridgehead atoms. The first-order chi connectivity index (χ1) is 19.8. The van der Waals surface area contributed by atoms with Crippen molar-refractivity contribution in [3.05, 3.63) is 68.5 Å². The van der Waals surface area contributed by atoms with Gasteiger partial charge >= 0.3 is 0 Å². The fourth-order valence-electron chi connectivity index (χ4n) is 6.05. The van der Waals surface area contributed by atoms with Crippen LogP contribution in [-0.4, -0.2) is 63.2 Å². The number of carbonyl (C=O) groups is 1. The quantitative estimate of drug-likeness (QED) is 0.297. The highest BCUT2D eigenvalue weighted by atomic mass is 35.5. The molecule has 2 N–H and O–H groups in total. The number of halogens is 1. The highest BCUT2D eigenvalue weighted by Gasteiger charge is 2.58. The maximum Gasteiger partial charge on any atom is 0.285 e. The van der Waals surface area contributed by atoms with E-state index in [1.807, 2.05) is 43.9 Å². The number of nitrogens with one attached hydrogen (secondary N) is 2. The van der Waals surface area contributed by atoms with E-state index in [-0.39, 0.29) is 22.1 Å². The summed E-state index contributed by atoms with van der Waals surface area (Å²) in [6.07, 6.45) is 2.71. The summed E-state index contributed by atoms with van der Waals surface area (Å²) in [6, 6.07) is 6.39. The van der Waals surface area contributed by atoms with Gasteiger partial charge < -0.3 is 10.2 Å². The zero-order valence-corrected chi connectivity index (χ0v) is 25.2. The van der Waals surface area contributed by atoms with Crippen LogP contribution in [0.3, 0.4) is 0 Å². The first-order valence-corrected chi connectivity index (χ1v) is 15.7. The smallest absolute Gasteiger partial charge is 0.285 e. The number of nitrogens with zero attached hydrogens (tertiary/aromatic N) is 7. The fraction of sp³-hybridized carbons (Fsp3) is 0.407. The molecule has 3 aromatic heterocycles. The molecule has 1 amide bonds. The maximum atomic E-state index is 13.6. The van der Waals surface area contributed by atoms with Crippen molar-refractivity contribution in [2.45, 2.75) is 25.8 Å². The van der Waals surface area contributed by atoms with Crippen LogP contribution in [0.5, 0.6) is 0 Å². The lowest BCUT2D eigenvalue weighted by Crippen LogP contribution is -2.32. The molecule has 1 aliphatic heterocycles. The fourth-order valence-corrected chi connectivity index (χ4v) is 6.63. The topological polar surface area (TPSA) is 157 Å². The second-order valence-electron chi connectivity index (χ2n) is 11.1. The molecule has 2 aliphatic rings. The molecular weight excluding hydrogens is 582 g/mol. The highest BCUT2D eigenvalue weighted by Crippen LogP contribution is 2.58. The molecule has 42 heavy (non-hydrogen) atoms. The number of aromatic nitrogens is 6. The molecule has 13 nitrogen and oxygen atoms in total. The summed E-state index contributed by atoms with van der Waals surface area (Å²) in [5.41, 5.74) is 3.13. The molecule has 1 saturated carbocycles. The Labute approximate surface area is 247 Å². The second kappa shape index (κ2) is 10.1. The van der Waals surface area contributed by atoms with Crippen LogP contribution in [0.25, 0.3) is 10.9 Å². The van der Waals surface area contributed by atoms with Crippen molar-refractivity contribution in [3.63, 3.8) is 0 Å². The third-order valence-corrected chi connectivity index (χ3v) is 8.73. The molecule has 1 saturated heterocycles. The van der Waals surface area contributed by atoms with E-state index in [4.69, 9.17) is 16.6 Å². The normalized spacial score (nSPS) is 20.4. The van der Waals surface area contributed by atoms with Crippen molar-refractivity contribution < 1.29 is 13.2 Å². The lowest BCUT2D eigenvalue weighted by molar-refractivity contribution is 0.0977. The Kier molecular flexibility index (Phi) is 6.72. The summed E-state index contributed by atoms with van der Waals surface area (Å²) < 4.78 is 26.9. The van der Waals surface area contributed by atoms with Gasteiger partial charge in [-0.1, -0.05) is 17.7 Å². The number of pyridine rings is 1.